The molecule has 1 atom stereocenters. The summed E-state index contributed by atoms with van der Waals surface area (Å²) in [5.74, 6) is 0.413. The minimum atomic E-state index is -0.402. The summed E-state index contributed by atoms with van der Waals surface area (Å²) in [4.78, 5) is 24.2. The van der Waals surface area contributed by atoms with Gasteiger partial charge in [0, 0.05) is 17.4 Å². The predicted octanol–water partition coefficient (Wildman–Crippen LogP) is 5.10. The molecule has 0 aliphatic carbocycles. The summed E-state index contributed by atoms with van der Waals surface area (Å²) in [6.07, 6.45) is 0. The zero-order valence-electron chi connectivity index (χ0n) is 17.9. The van der Waals surface area contributed by atoms with Crippen LogP contribution in [-0.4, -0.2) is 24.1 Å². The molecule has 5 aromatic rings. The van der Waals surface area contributed by atoms with Gasteiger partial charge in [-0.25, -0.2) is 4.57 Å². The van der Waals surface area contributed by atoms with Gasteiger partial charge in [-0.2, -0.15) is 0 Å². The molecule has 0 aliphatic rings. The molecule has 1 unspecified atom stereocenters. The highest BCUT2D eigenvalue weighted by Gasteiger charge is 2.20. The fourth-order valence-electron chi connectivity index (χ4n) is 3.80. The molecule has 9 heteroatoms. The van der Waals surface area contributed by atoms with E-state index in [1.54, 1.807) is 22.8 Å². The number of hydrogen-bond acceptors (Lipinski definition) is 6. The van der Waals surface area contributed by atoms with Gasteiger partial charge in [-0.3, -0.25) is 19.3 Å². The van der Waals surface area contributed by atoms with E-state index in [2.05, 4.69) is 10.2 Å². The second kappa shape index (κ2) is 8.18. The van der Waals surface area contributed by atoms with E-state index in [1.807, 2.05) is 66.8 Å². The Balaban J connectivity index is 1.69. The lowest BCUT2D eigenvalue weighted by molar-refractivity contribution is -0.384. The topological polar surface area (TPSA) is 95.3 Å². The van der Waals surface area contributed by atoms with E-state index < -0.39 is 4.92 Å². The van der Waals surface area contributed by atoms with Crippen LogP contribution in [0, 0.1) is 17.0 Å². The van der Waals surface area contributed by atoms with Crippen molar-refractivity contribution >= 4 is 34.1 Å². The molecule has 8 nitrogen and oxygen atoms in total. The maximum Gasteiger partial charge on any atom is 0.269 e. The van der Waals surface area contributed by atoms with Gasteiger partial charge in [0.2, 0.25) is 5.78 Å². The van der Waals surface area contributed by atoms with Gasteiger partial charge in [0.1, 0.15) is 0 Å². The van der Waals surface area contributed by atoms with Crippen molar-refractivity contribution in [2.45, 2.75) is 24.3 Å². The molecule has 0 spiro atoms. The summed E-state index contributed by atoms with van der Waals surface area (Å²) in [6.45, 7) is 3.95. The largest absolute Gasteiger partial charge is 0.269 e. The lowest BCUT2D eigenvalue weighted by atomic mass is 10.1. The maximum atomic E-state index is 13.4. The van der Waals surface area contributed by atoms with Gasteiger partial charge in [0.25, 0.3) is 11.2 Å². The molecule has 0 saturated heterocycles. The highest BCUT2D eigenvalue weighted by molar-refractivity contribution is 7.99. The zero-order valence-corrected chi connectivity index (χ0v) is 18.7. The van der Waals surface area contributed by atoms with E-state index in [0.717, 1.165) is 11.1 Å². The van der Waals surface area contributed by atoms with Crippen molar-refractivity contribution in [3.8, 4) is 5.69 Å². The normalized spacial score (nSPS) is 12.3. The molecule has 2 aromatic heterocycles. The fourth-order valence-corrected chi connectivity index (χ4v) is 4.77. The summed E-state index contributed by atoms with van der Waals surface area (Å²) in [7, 11) is 0. The van der Waals surface area contributed by atoms with Crippen LogP contribution in [0.5, 0.6) is 0 Å². The SMILES string of the molecule is Cc1ccc(-n2c(=O)c3ccccc3n3c(SC(C)c4cccc([N+](=O)[O-])c4)nnc23)cc1. The van der Waals surface area contributed by atoms with Crippen LogP contribution in [0.2, 0.25) is 0 Å². The Labute approximate surface area is 192 Å². The van der Waals surface area contributed by atoms with Gasteiger partial charge in [0.15, 0.2) is 5.16 Å². The zero-order chi connectivity index (χ0) is 23.1. The van der Waals surface area contributed by atoms with Crippen LogP contribution in [0.3, 0.4) is 0 Å². The number of aromatic nitrogens is 4. The van der Waals surface area contributed by atoms with Crippen molar-refractivity contribution in [3.05, 3.63) is 104 Å². The number of benzene rings is 3. The third-order valence-corrected chi connectivity index (χ3v) is 6.62. The molecule has 164 valence electrons. The first-order valence-electron chi connectivity index (χ1n) is 10.3. The monoisotopic (exact) mass is 457 g/mol. The standard InChI is InChI=1S/C24H19N5O3S/c1-15-10-12-18(13-11-15)27-22(30)20-8-3-4-9-21(20)28-23(27)25-26-24(28)33-16(2)17-6-5-7-19(14-17)29(31)32/h3-14,16H,1-2H3. The van der Waals surface area contributed by atoms with Crippen molar-refractivity contribution in [2.24, 2.45) is 0 Å². The Morgan fingerprint density at radius 1 is 1.00 bits per heavy atom. The number of nitro groups is 1. The van der Waals surface area contributed by atoms with Crippen LogP contribution in [0.25, 0.3) is 22.4 Å². The number of aryl methyl sites for hydroxylation is 1. The van der Waals surface area contributed by atoms with Crippen LogP contribution in [0.15, 0.2) is 82.7 Å². The fraction of sp³-hybridized carbons (Fsp3) is 0.125. The minimum absolute atomic E-state index is 0.0460. The van der Waals surface area contributed by atoms with Crippen molar-refractivity contribution in [3.63, 3.8) is 0 Å². The Kier molecular flexibility index (Phi) is 5.18. The number of para-hydroxylation sites is 1. The quantitative estimate of drug-likeness (QED) is 0.207. The number of thioether (sulfide) groups is 1. The maximum absolute atomic E-state index is 13.4. The summed E-state index contributed by atoms with van der Waals surface area (Å²) < 4.78 is 3.44. The average molecular weight is 458 g/mol. The van der Waals surface area contributed by atoms with E-state index in [-0.39, 0.29) is 16.5 Å². The molecule has 5 rings (SSSR count). The molecular formula is C24H19N5O3S. The molecule has 3 aromatic carbocycles. The van der Waals surface area contributed by atoms with Crippen molar-refractivity contribution in [2.75, 3.05) is 0 Å². The lowest BCUT2D eigenvalue weighted by Gasteiger charge is -2.13. The van der Waals surface area contributed by atoms with Crippen LogP contribution in [0.4, 0.5) is 5.69 Å². The Hall–Kier alpha value is -3.98. The highest BCUT2D eigenvalue weighted by atomic mass is 32.2. The summed E-state index contributed by atoms with van der Waals surface area (Å²) in [5.41, 5.74) is 3.19. The van der Waals surface area contributed by atoms with Gasteiger partial charge in [-0.05, 0) is 43.7 Å². The van der Waals surface area contributed by atoms with Crippen LogP contribution in [-0.2, 0) is 0 Å². The summed E-state index contributed by atoms with van der Waals surface area (Å²) in [5, 5.41) is 21.0. The molecule has 0 aliphatic heterocycles. The highest BCUT2D eigenvalue weighted by Crippen LogP contribution is 2.36. The van der Waals surface area contributed by atoms with Gasteiger partial charge in [-0.1, -0.05) is 53.7 Å². The third kappa shape index (κ3) is 3.66. The van der Waals surface area contributed by atoms with E-state index in [9.17, 15) is 14.9 Å². The molecule has 0 saturated carbocycles. The number of hydrogen-bond donors (Lipinski definition) is 0. The molecule has 0 radical (unpaired) electrons. The van der Waals surface area contributed by atoms with Crippen molar-refractivity contribution in [1.29, 1.82) is 0 Å². The van der Waals surface area contributed by atoms with Crippen LogP contribution in [0.1, 0.15) is 23.3 Å². The minimum Gasteiger partial charge on any atom is -0.268 e. The Morgan fingerprint density at radius 2 is 1.76 bits per heavy atom. The van der Waals surface area contributed by atoms with E-state index in [1.165, 1.54) is 17.8 Å². The number of rotatable bonds is 5. The van der Waals surface area contributed by atoms with Gasteiger partial charge < -0.3 is 0 Å². The molecule has 0 fully saturated rings. The Morgan fingerprint density at radius 3 is 2.52 bits per heavy atom. The molecule has 2 heterocycles. The third-order valence-electron chi connectivity index (χ3n) is 5.52. The average Bonchev–Trinajstić information content (AvgIpc) is 3.23. The smallest absolute Gasteiger partial charge is 0.268 e. The number of nitrogens with zero attached hydrogens (tertiary/aromatic N) is 5. The molecular weight excluding hydrogens is 438 g/mol. The molecule has 0 N–H and O–H groups in total. The lowest BCUT2D eigenvalue weighted by Crippen LogP contribution is -2.21. The van der Waals surface area contributed by atoms with E-state index in [4.69, 9.17) is 0 Å². The predicted molar refractivity (Wildman–Crippen MR) is 128 cm³/mol. The second-order valence-electron chi connectivity index (χ2n) is 7.72. The van der Waals surface area contributed by atoms with E-state index in [0.29, 0.717) is 27.5 Å². The summed E-state index contributed by atoms with van der Waals surface area (Å²) >= 11 is 1.43. The van der Waals surface area contributed by atoms with Crippen molar-refractivity contribution < 1.29 is 4.92 Å². The van der Waals surface area contributed by atoms with Gasteiger partial charge >= 0.3 is 0 Å². The van der Waals surface area contributed by atoms with Crippen LogP contribution < -0.4 is 5.56 Å². The number of nitro benzene ring substituents is 1. The number of non-ortho nitro benzene ring substituents is 1. The number of fused-ring (bicyclic) bond motifs is 3. The molecule has 0 bridgehead atoms. The first-order valence-corrected chi connectivity index (χ1v) is 11.2. The van der Waals surface area contributed by atoms with Gasteiger partial charge in [0.05, 0.1) is 21.5 Å². The molecule has 0 amide bonds. The first kappa shape index (κ1) is 20.9. The molecule has 33 heavy (non-hydrogen) atoms. The van der Waals surface area contributed by atoms with Gasteiger partial charge in [-0.15, -0.1) is 10.2 Å². The first-order chi connectivity index (χ1) is 15.9. The van der Waals surface area contributed by atoms with Crippen molar-refractivity contribution in [1.82, 2.24) is 19.2 Å². The van der Waals surface area contributed by atoms with Crippen LogP contribution >= 0.6 is 11.8 Å². The van der Waals surface area contributed by atoms with E-state index >= 15 is 0 Å². The Bertz CT molecular complexity index is 1570. The summed E-state index contributed by atoms with van der Waals surface area (Å²) in [6, 6.07) is 21.6. The second-order valence-corrected chi connectivity index (χ2v) is 9.03.